The Balaban J connectivity index is 0.00000196. The second-order valence-electron chi connectivity index (χ2n) is 3.36. The molecule has 0 aliphatic heterocycles. The summed E-state index contributed by atoms with van der Waals surface area (Å²) in [6, 6.07) is 9.32. The zero-order valence-electron chi connectivity index (χ0n) is 8.81. The molecule has 0 radical (unpaired) electrons. The lowest BCUT2D eigenvalue weighted by molar-refractivity contribution is -0.139. The molecule has 15 heavy (non-hydrogen) atoms. The SMILES string of the molecule is CC(NC(C)c1ccccc1)C(=O)O.Cl. The molecular weight excluding hydrogens is 214 g/mol. The lowest BCUT2D eigenvalue weighted by Gasteiger charge is -2.17. The lowest BCUT2D eigenvalue weighted by Crippen LogP contribution is -2.35. The third-order valence-electron chi connectivity index (χ3n) is 2.17. The van der Waals surface area contributed by atoms with Crippen LogP contribution in [0.5, 0.6) is 0 Å². The van der Waals surface area contributed by atoms with E-state index >= 15 is 0 Å². The number of hydrogen-bond donors (Lipinski definition) is 2. The van der Waals surface area contributed by atoms with E-state index in [9.17, 15) is 4.79 Å². The van der Waals surface area contributed by atoms with E-state index in [0.717, 1.165) is 5.56 Å². The van der Waals surface area contributed by atoms with Crippen LogP contribution in [0.2, 0.25) is 0 Å². The van der Waals surface area contributed by atoms with Crippen LogP contribution in [0.3, 0.4) is 0 Å². The number of aliphatic carboxylic acids is 1. The van der Waals surface area contributed by atoms with Crippen LogP contribution in [0, 0.1) is 0 Å². The first-order chi connectivity index (χ1) is 6.61. The molecule has 2 N–H and O–H groups in total. The molecule has 0 aliphatic carbocycles. The molecule has 3 nitrogen and oxygen atoms in total. The van der Waals surface area contributed by atoms with Crippen molar-refractivity contribution in [3.63, 3.8) is 0 Å². The van der Waals surface area contributed by atoms with E-state index in [2.05, 4.69) is 5.32 Å². The number of carboxylic acids is 1. The fourth-order valence-electron chi connectivity index (χ4n) is 1.28. The van der Waals surface area contributed by atoms with E-state index in [1.54, 1.807) is 6.92 Å². The Morgan fingerprint density at radius 3 is 2.27 bits per heavy atom. The molecule has 1 rings (SSSR count). The largest absolute Gasteiger partial charge is 0.480 e. The summed E-state index contributed by atoms with van der Waals surface area (Å²) in [4.78, 5) is 10.6. The molecule has 84 valence electrons. The smallest absolute Gasteiger partial charge is 0.320 e. The van der Waals surface area contributed by atoms with Crippen molar-refractivity contribution in [3.05, 3.63) is 35.9 Å². The first-order valence-electron chi connectivity index (χ1n) is 4.65. The Morgan fingerprint density at radius 2 is 1.80 bits per heavy atom. The van der Waals surface area contributed by atoms with Crippen LogP contribution in [0.25, 0.3) is 0 Å². The average molecular weight is 230 g/mol. The third kappa shape index (κ3) is 4.32. The van der Waals surface area contributed by atoms with Crippen LogP contribution in [0.15, 0.2) is 30.3 Å². The van der Waals surface area contributed by atoms with Gasteiger partial charge in [-0.15, -0.1) is 12.4 Å². The van der Waals surface area contributed by atoms with Crippen molar-refractivity contribution in [1.82, 2.24) is 5.32 Å². The predicted octanol–water partition coefficient (Wildman–Crippen LogP) is 2.23. The number of nitrogens with one attached hydrogen (secondary N) is 1. The molecule has 1 aromatic carbocycles. The molecule has 0 spiro atoms. The Bertz CT molecular complexity index is 303. The van der Waals surface area contributed by atoms with Crippen LogP contribution < -0.4 is 5.32 Å². The predicted molar refractivity (Wildman–Crippen MR) is 62.3 cm³/mol. The fourth-order valence-corrected chi connectivity index (χ4v) is 1.28. The van der Waals surface area contributed by atoms with Gasteiger partial charge in [-0.2, -0.15) is 0 Å². The van der Waals surface area contributed by atoms with Crippen LogP contribution in [-0.4, -0.2) is 17.1 Å². The van der Waals surface area contributed by atoms with Gasteiger partial charge in [0.2, 0.25) is 0 Å². The minimum Gasteiger partial charge on any atom is -0.480 e. The zero-order valence-corrected chi connectivity index (χ0v) is 9.62. The van der Waals surface area contributed by atoms with Gasteiger partial charge >= 0.3 is 5.97 Å². The summed E-state index contributed by atoms with van der Waals surface area (Å²) in [5.74, 6) is -0.826. The third-order valence-corrected chi connectivity index (χ3v) is 2.17. The highest BCUT2D eigenvalue weighted by molar-refractivity contribution is 5.85. The van der Waals surface area contributed by atoms with Gasteiger partial charge in [-0.05, 0) is 19.4 Å². The topological polar surface area (TPSA) is 49.3 Å². The molecule has 0 aromatic heterocycles. The highest BCUT2D eigenvalue weighted by Crippen LogP contribution is 2.11. The quantitative estimate of drug-likeness (QED) is 0.833. The van der Waals surface area contributed by atoms with Crippen molar-refractivity contribution >= 4 is 18.4 Å². The Kier molecular flexibility index (Phi) is 5.97. The maximum absolute atomic E-state index is 10.6. The molecule has 2 unspecified atom stereocenters. The van der Waals surface area contributed by atoms with E-state index < -0.39 is 12.0 Å². The number of carbonyl (C=O) groups is 1. The van der Waals surface area contributed by atoms with Crippen LogP contribution in [-0.2, 0) is 4.79 Å². The molecule has 0 saturated carbocycles. The molecule has 0 bridgehead atoms. The molecule has 0 fully saturated rings. The van der Waals surface area contributed by atoms with Gasteiger partial charge < -0.3 is 5.11 Å². The minimum absolute atomic E-state index is 0. The van der Waals surface area contributed by atoms with E-state index in [1.807, 2.05) is 37.3 Å². The van der Waals surface area contributed by atoms with Crippen molar-refractivity contribution in [2.75, 3.05) is 0 Å². The van der Waals surface area contributed by atoms with Crippen molar-refractivity contribution < 1.29 is 9.90 Å². The summed E-state index contributed by atoms with van der Waals surface area (Å²) >= 11 is 0. The fraction of sp³-hybridized carbons (Fsp3) is 0.364. The molecule has 0 aliphatic rings. The van der Waals surface area contributed by atoms with Crippen molar-refractivity contribution in [1.29, 1.82) is 0 Å². The normalized spacial score (nSPS) is 13.7. The average Bonchev–Trinajstić information content (AvgIpc) is 2.19. The summed E-state index contributed by atoms with van der Waals surface area (Å²) in [6.45, 7) is 3.59. The van der Waals surface area contributed by atoms with E-state index in [-0.39, 0.29) is 18.4 Å². The Morgan fingerprint density at radius 1 is 1.27 bits per heavy atom. The molecule has 0 amide bonds. The maximum atomic E-state index is 10.6. The lowest BCUT2D eigenvalue weighted by atomic mass is 10.1. The molecule has 0 heterocycles. The summed E-state index contributed by atoms with van der Waals surface area (Å²) in [5, 5.41) is 11.7. The molecule has 0 saturated heterocycles. The van der Waals surface area contributed by atoms with Crippen molar-refractivity contribution in [3.8, 4) is 0 Å². The van der Waals surface area contributed by atoms with Crippen LogP contribution in [0.1, 0.15) is 25.5 Å². The van der Waals surface area contributed by atoms with Crippen LogP contribution in [0.4, 0.5) is 0 Å². The van der Waals surface area contributed by atoms with E-state index in [1.165, 1.54) is 0 Å². The second-order valence-corrected chi connectivity index (χ2v) is 3.36. The van der Waals surface area contributed by atoms with Gasteiger partial charge in [-0.1, -0.05) is 30.3 Å². The summed E-state index contributed by atoms with van der Waals surface area (Å²) in [6.07, 6.45) is 0. The number of halogens is 1. The van der Waals surface area contributed by atoms with Gasteiger partial charge in [-0.3, -0.25) is 10.1 Å². The Labute approximate surface area is 95.9 Å². The standard InChI is InChI=1S/C11H15NO2.ClH/c1-8(12-9(2)11(13)14)10-6-4-3-5-7-10;/h3-9,12H,1-2H3,(H,13,14);1H. The summed E-state index contributed by atoms with van der Waals surface area (Å²) in [5.41, 5.74) is 1.10. The van der Waals surface area contributed by atoms with Gasteiger partial charge in [0.1, 0.15) is 6.04 Å². The number of carboxylic acid groups (broad SMARTS) is 1. The van der Waals surface area contributed by atoms with Gasteiger partial charge in [0, 0.05) is 6.04 Å². The Hall–Kier alpha value is -1.06. The zero-order chi connectivity index (χ0) is 10.6. The number of hydrogen-bond acceptors (Lipinski definition) is 2. The van der Waals surface area contributed by atoms with Crippen molar-refractivity contribution in [2.45, 2.75) is 25.9 Å². The second kappa shape index (κ2) is 6.43. The summed E-state index contributed by atoms with van der Waals surface area (Å²) < 4.78 is 0. The first-order valence-corrected chi connectivity index (χ1v) is 4.65. The summed E-state index contributed by atoms with van der Waals surface area (Å²) in [7, 11) is 0. The molecule has 1 aromatic rings. The first kappa shape index (κ1) is 13.9. The highest BCUT2D eigenvalue weighted by Gasteiger charge is 2.14. The molecular formula is C11H16ClNO2. The maximum Gasteiger partial charge on any atom is 0.320 e. The van der Waals surface area contributed by atoms with E-state index in [0.29, 0.717) is 0 Å². The molecule has 4 heteroatoms. The highest BCUT2D eigenvalue weighted by atomic mass is 35.5. The van der Waals surface area contributed by atoms with Gasteiger partial charge in [0.25, 0.3) is 0 Å². The number of benzene rings is 1. The van der Waals surface area contributed by atoms with Gasteiger partial charge in [-0.25, -0.2) is 0 Å². The van der Waals surface area contributed by atoms with Gasteiger partial charge in [0.05, 0.1) is 0 Å². The molecule has 2 atom stereocenters. The minimum atomic E-state index is -0.826. The monoisotopic (exact) mass is 229 g/mol. The van der Waals surface area contributed by atoms with Gasteiger partial charge in [0.15, 0.2) is 0 Å². The van der Waals surface area contributed by atoms with Crippen molar-refractivity contribution in [2.24, 2.45) is 0 Å². The van der Waals surface area contributed by atoms with Crippen LogP contribution >= 0.6 is 12.4 Å². The van der Waals surface area contributed by atoms with E-state index in [4.69, 9.17) is 5.11 Å². The number of rotatable bonds is 4.